The predicted octanol–water partition coefficient (Wildman–Crippen LogP) is 9.27. The molecule has 1 aromatic carbocycles. The number of carbonyl (C=O) groups excluding carboxylic acids is 2. The first kappa shape index (κ1) is 50.1. The number of hydrogen-bond acceptors (Lipinski definition) is 7. The van der Waals surface area contributed by atoms with Gasteiger partial charge in [0.05, 0.1) is 12.6 Å². The van der Waals surface area contributed by atoms with E-state index in [1.807, 2.05) is 30.3 Å². The SMILES string of the molecule is CCCCCCCCCCCCCCCCCCN(C(=O)CCCCCCCCCCCCC)[C@@H]1O[C@H](CO)[C@@H](O)[C@H](O)[C@H]1NC(=O)[C@@H](N)Cc1ccccc1. The molecule has 56 heavy (non-hydrogen) atoms. The van der Waals surface area contributed by atoms with Gasteiger partial charge in [0, 0.05) is 13.0 Å². The topological polar surface area (TPSA) is 145 Å². The highest BCUT2D eigenvalue weighted by Crippen LogP contribution is 2.26. The van der Waals surface area contributed by atoms with Crippen molar-refractivity contribution in [1.29, 1.82) is 0 Å². The van der Waals surface area contributed by atoms with Crippen molar-refractivity contribution in [3.8, 4) is 0 Å². The molecule has 0 radical (unpaired) electrons. The average Bonchev–Trinajstić information content (AvgIpc) is 3.20. The number of hydrogen-bond donors (Lipinski definition) is 5. The molecule has 1 saturated heterocycles. The maximum absolute atomic E-state index is 14.0. The Labute approximate surface area is 342 Å². The zero-order chi connectivity index (χ0) is 40.6. The van der Waals surface area contributed by atoms with Crippen LogP contribution in [0.5, 0.6) is 0 Å². The van der Waals surface area contributed by atoms with Gasteiger partial charge in [-0.15, -0.1) is 0 Å². The van der Waals surface area contributed by atoms with Crippen LogP contribution >= 0.6 is 0 Å². The summed E-state index contributed by atoms with van der Waals surface area (Å²) in [4.78, 5) is 29.1. The first-order valence-electron chi connectivity index (χ1n) is 23.4. The number of ether oxygens (including phenoxy) is 1. The van der Waals surface area contributed by atoms with Gasteiger partial charge in [-0.1, -0.05) is 205 Å². The highest BCUT2D eigenvalue weighted by molar-refractivity contribution is 5.82. The van der Waals surface area contributed by atoms with Crippen LogP contribution in [-0.4, -0.2) is 81.8 Å². The fourth-order valence-corrected chi connectivity index (χ4v) is 8.06. The van der Waals surface area contributed by atoms with Crippen LogP contribution in [0.3, 0.4) is 0 Å². The van der Waals surface area contributed by atoms with Crippen LogP contribution in [0, 0.1) is 0 Å². The number of amides is 2. The maximum Gasteiger partial charge on any atom is 0.237 e. The Morgan fingerprint density at radius 3 is 1.54 bits per heavy atom. The fraction of sp³-hybridized carbons (Fsp3) is 0.830. The molecule has 9 heteroatoms. The number of nitrogens with zero attached hydrogens (tertiary/aromatic N) is 1. The third-order valence-electron chi connectivity index (χ3n) is 11.7. The Bertz CT molecular complexity index is 1090. The molecule has 0 aromatic heterocycles. The Morgan fingerprint density at radius 2 is 1.09 bits per heavy atom. The van der Waals surface area contributed by atoms with Gasteiger partial charge in [-0.3, -0.25) is 9.59 Å². The number of carbonyl (C=O) groups is 2. The standard InChI is InChI=1S/C47H85N3O6/c1-3-5-7-9-11-13-15-16-17-18-19-21-23-25-27-32-36-50(42(52)35-31-26-24-22-20-14-12-10-8-6-4-2)47-43(45(54)44(53)41(38-51)56-47)49-46(55)40(48)37-39-33-29-28-30-34-39/h28-30,33-34,40-41,43-45,47,51,53-54H,3-27,31-32,35-38,48H2,1-2H3,(H,49,55)/t40-,41+,43+,44+,45+,47+/m0/s1. The van der Waals surface area contributed by atoms with Crippen LogP contribution in [0.2, 0.25) is 0 Å². The van der Waals surface area contributed by atoms with E-state index in [1.54, 1.807) is 4.90 Å². The second kappa shape index (κ2) is 32.9. The minimum Gasteiger partial charge on any atom is -0.394 e. The minimum absolute atomic E-state index is 0.0972. The van der Waals surface area contributed by atoms with E-state index in [2.05, 4.69) is 19.2 Å². The molecular weight excluding hydrogens is 703 g/mol. The van der Waals surface area contributed by atoms with E-state index in [-0.39, 0.29) is 5.91 Å². The maximum atomic E-state index is 14.0. The number of aliphatic hydroxyl groups excluding tert-OH is 3. The Balaban J connectivity index is 1.93. The Morgan fingerprint density at radius 1 is 0.661 bits per heavy atom. The Hall–Kier alpha value is -2.04. The van der Waals surface area contributed by atoms with Crippen LogP contribution in [-0.2, 0) is 20.7 Å². The third-order valence-corrected chi connectivity index (χ3v) is 11.7. The molecule has 1 aliphatic heterocycles. The van der Waals surface area contributed by atoms with Gasteiger partial charge in [0.15, 0.2) is 6.23 Å². The smallest absolute Gasteiger partial charge is 0.237 e. The highest BCUT2D eigenvalue weighted by Gasteiger charge is 2.48. The second-order valence-electron chi connectivity index (χ2n) is 16.7. The van der Waals surface area contributed by atoms with E-state index < -0.39 is 49.1 Å². The lowest BCUT2D eigenvalue weighted by atomic mass is 9.94. The van der Waals surface area contributed by atoms with Gasteiger partial charge in [0.2, 0.25) is 11.8 Å². The number of nitrogens with one attached hydrogen (secondary N) is 1. The van der Waals surface area contributed by atoms with Gasteiger partial charge in [0.1, 0.15) is 24.4 Å². The summed E-state index contributed by atoms with van der Waals surface area (Å²) in [5, 5.41) is 35.1. The van der Waals surface area contributed by atoms with E-state index in [4.69, 9.17) is 10.5 Å². The number of benzene rings is 1. The van der Waals surface area contributed by atoms with Crippen molar-refractivity contribution in [2.24, 2.45) is 5.73 Å². The van der Waals surface area contributed by atoms with Gasteiger partial charge in [-0.05, 0) is 24.8 Å². The minimum atomic E-state index is -1.46. The van der Waals surface area contributed by atoms with E-state index in [9.17, 15) is 24.9 Å². The molecule has 1 aliphatic rings. The molecule has 1 fully saturated rings. The van der Waals surface area contributed by atoms with Gasteiger partial charge in [-0.2, -0.15) is 0 Å². The van der Waals surface area contributed by atoms with Crippen LogP contribution in [0.15, 0.2) is 30.3 Å². The molecular formula is C47H85N3O6. The van der Waals surface area contributed by atoms with Crippen LogP contribution in [0.4, 0.5) is 0 Å². The lowest BCUT2D eigenvalue weighted by molar-refractivity contribution is -0.231. The average molecular weight is 788 g/mol. The molecule has 0 saturated carbocycles. The van der Waals surface area contributed by atoms with E-state index in [0.29, 0.717) is 19.4 Å². The summed E-state index contributed by atoms with van der Waals surface area (Å²) in [6.07, 6.45) is 28.7. The molecule has 0 spiro atoms. The van der Waals surface area contributed by atoms with Crippen LogP contribution in [0.1, 0.15) is 199 Å². The van der Waals surface area contributed by atoms with Crippen LogP contribution < -0.4 is 11.1 Å². The van der Waals surface area contributed by atoms with Gasteiger partial charge < -0.3 is 36.0 Å². The second-order valence-corrected chi connectivity index (χ2v) is 16.7. The largest absolute Gasteiger partial charge is 0.394 e. The van der Waals surface area contributed by atoms with Gasteiger partial charge in [0.25, 0.3) is 0 Å². The van der Waals surface area contributed by atoms with Gasteiger partial charge >= 0.3 is 0 Å². The zero-order valence-corrected chi connectivity index (χ0v) is 35.9. The molecule has 0 unspecified atom stereocenters. The molecule has 0 bridgehead atoms. The Kier molecular flexibility index (Phi) is 29.4. The molecule has 324 valence electrons. The molecule has 9 nitrogen and oxygen atoms in total. The molecule has 0 aliphatic carbocycles. The summed E-state index contributed by atoms with van der Waals surface area (Å²) in [5.41, 5.74) is 7.22. The summed E-state index contributed by atoms with van der Waals surface area (Å²) in [7, 11) is 0. The van der Waals surface area contributed by atoms with Crippen molar-refractivity contribution in [2.75, 3.05) is 13.2 Å². The molecule has 2 rings (SSSR count). The number of unbranched alkanes of at least 4 members (excludes halogenated alkanes) is 25. The molecule has 1 heterocycles. The summed E-state index contributed by atoms with van der Waals surface area (Å²) >= 11 is 0. The monoisotopic (exact) mass is 788 g/mol. The predicted molar refractivity (Wildman–Crippen MR) is 230 cm³/mol. The molecule has 6 N–H and O–H groups in total. The molecule has 6 atom stereocenters. The van der Waals surface area contributed by atoms with Crippen molar-refractivity contribution < 1.29 is 29.6 Å². The first-order valence-corrected chi connectivity index (χ1v) is 23.4. The quantitative estimate of drug-likeness (QED) is 0.0431. The normalized spacial score (nSPS) is 20.2. The van der Waals surface area contributed by atoms with Gasteiger partial charge in [-0.25, -0.2) is 0 Å². The summed E-state index contributed by atoms with van der Waals surface area (Å²) in [6, 6.07) is 7.46. The van der Waals surface area contributed by atoms with Crippen molar-refractivity contribution in [3.63, 3.8) is 0 Å². The third kappa shape index (κ3) is 21.6. The fourth-order valence-electron chi connectivity index (χ4n) is 8.06. The van der Waals surface area contributed by atoms with Crippen molar-refractivity contribution in [3.05, 3.63) is 35.9 Å². The molecule has 1 aromatic rings. The zero-order valence-electron chi connectivity index (χ0n) is 35.9. The number of nitrogens with two attached hydrogens (primary N) is 1. The lowest BCUT2D eigenvalue weighted by Crippen LogP contribution is -2.69. The number of aliphatic hydroxyl groups is 3. The van der Waals surface area contributed by atoms with E-state index >= 15 is 0 Å². The van der Waals surface area contributed by atoms with Crippen LogP contribution in [0.25, 0.3) is 0 Å². The summed E-state index contributed by atoms with van der Waals surface area (Å²) in [5.74, 6) is -0.596. The first-order chi connectivity index (χ1) is 27.3. The highest BCUT2D eigenvalue weighted by atomic mass is 16.5. The van der Waals surface area contributed by atoms with Crippen molar-refractivity contribution >= 4 is 11.8 Å². The molecule has 2 amide bonds. The lowest BCUT2D eigenvalue weighted by Gasteiger charge is -2.47. The number of rotatable bonds is 35. The van der Waals surface area contributed by atoms with E-state index in [0.717, 1.165) is 44.1 Å². The summed E-state index contributed by atoms with van der Waals surface area (Å²) < 4.78 is 6.19. The van der Waals surface area contributed by atoms with Crippen molar-refractivity contribution in [1.82, 2.24) is 10.2 Å². The summed E-state index contributed by atoms with van der Waals surface area (Å²) in [6.45, 7) is 4.39. The van der Waals surface area contributed by atoms with Crippen molar-refractivity contribution in [2.45, 2.75) is 237 Å². The van der Waals surface area contributed by atoms with E-state index in [1.165, 1.54) is 135 Å².